The molecule has 4 rings (SSSR count). The van der Waals surface area contributed by atoms with Crippen molar-refractivity contribution in [3.8, 4) is 11.5 Å². The average Bonchev–Trinajstić information content (AvgIpc) is 3.46. The van der Waals surface area contributed by atoms with Crippen LogP contribution in [0.25, 0.3) is 0 Å². The fraction of sp³-hybridized carbons (Fsp3) is 0.304. The number of imidazole rings is 1. The maximum absolute atomic E-state index is 13.0. The first-order valence-electron chi connectivity index (χ1n) is 10.3. The minimum atomic E-state index is -0.145. The number of nitrogens with zero attached hydrogens (tertiary/aromatic N) is 3. The number of hydrogen-bond donors (Lipinski definition) is 1. The maximum atomic E-state index is 13.0. The average molecular weight is 441 g/mol. The lowest BCUT2D eigenvalue weighted by molar-refractivity contribution is 0.175. The van der Waals surface area contributed by atoms with E-state index < -0.39 is 0 Å². The van der Waals surface area contributed by atoms with Crippen molar-refractivity contribution in [3.63, 3.8) is 0 Å². The second-order valence-corrected chi connectivity index (χ2v) is 7.77. The number of urea groups is 1. The van der Waals surface area contributed by atoms with Gasteiger partial charge in [-0.3, -0.25) is 0 Å². The molecular weight excluding hydrogens is 416 g/mol. The molecule has 1 aliphatic rings. The normalized spacial score (nSPS) is 15.6. The number of likely N-dealkylation sites (tertiary alicyclic amines) is 1. The van der Waals surface area contributed by atoms with Crippen LogP contribution in [-0.4, -0.2) is 46.3 Å². The first-order valence-corrected chi connectivity index (χ1v) is 10.7. The number of benzene rings is 2. The van der Waals surface area contributed by atoms with Gasteiger partial charge in [-0.2, -0.15) is 0 Å². The monoisotopic (exact) mass is 440 g/mol. The molecule has 1 fully saturated rings. The van der Waals surface area contributed by atoms with Gasteiger partial charge in [0.05, 0.1) is 24.6 Å². The molecule has 0 radical (unpaired) electrons. The number of carbonyl (C=O) groups excluding carboxylic acids is 1. The Balaban J connectivity index is 1.33. The van der Waals surface area contributed by atoms with Gasteiger partial charge in [-0.1, -0.05) is 23.7 Å². The molecule has 0 saturated carbocycles. The number of halogens is 1. The van der Waals surface area contributed by atoms with Gasteiger partial charge < -0.3 is 24.3 Å². The zero-order valence-electron chi connectivity index (χ0n) is 17.1. The molecule has 1 N–H and O–H groups in total. The van der Waals surface area contributed by atoms with E-state index in [2.05, 4.69) is 10.3 Å². The van der Waals surface area contributed by atoms with Crippen LogP contribution in [0.4, 0.5) is 10.5 Å². The Morgan fingerprint density at radius 2 is 2.00 bits per heavy atom. The van der Waals surface area contributed by atoms with Gasteiger partial charge in [0.25, 0.3) is 0 Å². The summed E-state index contributed by atoms with van der Waals surface area (Å²) in [6.45, 7) is 2.30. The molecule has 2 heterocycles. The van der Waals surface area contributed by atoms with Crippen LogP contribution in [0, 0.1) is 0 Å². The van der Waals surface area contributed by atoms with Crippen molar-refractivity contribution in [3.05, 3.63) is 72.3 Å². The number of nitrogens with one attached hydrogen (secondary N) is 1. The summed E-state index contributed by atoms with van der Waals surface area (Å²) in [5.74, 6) is 1.39. The minimum absolute atomic E-state index is 0.0185. The molecule has 1 unspecified atom stereocenters. The molecule has 162 valence electrons. The molecule has 3 aromatic rings. The Morgan fingerprint density at radius 1 is 1.16 bits per heavy atom. The molecule has 1 aromatic heterocycles. The van der Waals surface area contributed by atoms with Crippen LogP contribution < -0.4 is 14.8 Å². The molecule has 0 spiro atoms. The highest BCUT2D eigenvalue weighted by molar-refractivity contribution is 6.30. The Kier molecular flexibility index (Phi) is 6.94. The lowest BCUT2D eigenvalue weighted by atomic mass is 10.2. The third kappa shape index (κ3) is 5.70. The number of aromatic nitrogens is 2. The summed E-state index contributed by atoms with van der Waals surface area (Å²) < 4.78 is 13.7. The molecule has 0 aliphatic carbocycles. The lowest BCUT2D eigenvalue weighted by Gasteiger charge is -2.25. The number of carbonyl (C=O) groups is 1. The third-order valence-electron chi connectivity index (χ3n) is 5.19. The highest BCUT2D eigenvalue weighted by atomic mass is 35.5. The predicted molar refractivity (Wildman–Crippen MR) is 120 cm³/mol. The van der Waals surface area contributed by atoms with E-state index in [4.69, 9.17) is 21.1 Å². The first kappa shape index (κ1) is 21.1. The van der Waals surface area contributed by atoms with E-state index in [-0.39, 0.29) is 12.1 Å². The Morgan fingerprint density at radius 3 is 2.81 bits per heavy atom. The van der Waals surface area contributed by atoms with E-state index in [1.165, 1.54) is 0 Å². The van der Waals surface area contributed by atoms with Crippen LogP contribution in [0.5, 0.6) is 11.5 Å². The second kappa shape index (κ2) is 10.2. The molecule has 1 saturated heterocycles. The van der Waals surface area contributed by atoms with Crippen molar-refractivity contribution in [1.29, 1.82) is 0 Å². The van der Waals surface area contributed by atoms with Crippen molar-refractivity contribution in [2.45, 2.75) is 25.4 Å². The van der Waals surface area contributed by atoms with Gasteiger partial charge in [0.2, 0.25) is 0 Å². The van der Waals surface area contributed by atoms with E-state index in [0.29, 0.717) is 42.8 Å². The lowest BCUT2D eigenvalue weighted by Crippen LogP contribution is -2.41. The number of anilines is 1. The number of rotatable bonds is 8. The van der Waals surface area contributed by atoms with E-state index in [0.717, 1.165) is 18.6 Å². The zero-order chi connectivity index (χ0) is 21.5. The minimum Gasteiger partial charge on any atom is -0.491 e. The van der Waals surface area contributed by atoms with Crippen LogP contribution in [0.1, 0.15) is 12.8 Å². The van der Waals surface area contributed by atoms with Gasteiger partial charge in [0.1, 0.15) is 24.7 Å². The topological polar surface area (TPSA) is 68.6 Å². The van der Waals surface area contributed by atoms with E-state index in [1.807, 2.05) is 52.1 Å². The largest absolute Gasteiger partial charge is 0.491 e. The van der Waals surface area contributed by atoms with Gasteiger partial charge in [-0.25, -0.2) is 9.78 Å². The van der Waals surface area contributed by atoms with Crippen molar-refractivity contribution < 1.29 is 14.3 Å². The second-order valence-electron chi connectivity index (χ2n) is 7.33. The smallest absolute Gasteiger partial charge is 0.322 e. The highest BCUT2D eigenvalue weighted by Crippen LogP contribution is 2.26. The summed E-state index contributed by atoms with van der Waals surface area (Å²) in [4.78, 5) is 18.8. The SMILES string of the molecule is O=C(Nc1ccccc1OCCn1ccnc1)N1CCCC1COc1ccc(Cl)cc1. The number of para-hydroxylation sites is 2. The maximum Gasteiger partial charge on any atom is 0.322 e. The van der Waals surface area contributed by atoms with Crippen molar-refractivity contribution in [2.75, 3.05) is 25.1 Å². The number of ether oxygens (including phenoxy) is 2. The Labute approximate surface area is 186 Å². The molecule has 8 heteroatoms. The molecule has 0 bridgehead atoms. The summed E-state index contributed by atoms with van der Waals surface area (Å²) in [5, 5.41) is 3.67. The first-order chi connectivity index (χ1) is 15.2. The van der Waals surface area contributed by atoms with Crippen molar-refractivity contribution >= 4 is 23.3 Å². The summed E-state index contributed by atoms with van der Waals surface area (Å²) in [5.41, 5.74) is 0.655. The van der Waals surface area contributed by atoms with Gasteiger partial charge in [0.15, 0.2) is 0 Å². The summed E-state index contributed by atoms with van der Waals surface area (Å²) in [6, 6.07) is 14.6. The Bertz CT molecular complexity index is 979. The molecule has 2 amide bonds. The molecule has 7 nitrogen and oxygen atoms in total. The van der Waals surface area contributed by atoms with Crippen LogP contribution in [0.2, 0.25) is 5.02 Å². The number of amides is 2. The summed E-state index contributed by atoms with van der Waals surface area (Å²) in [6.07, 6.45) is 7.22. The van der Waals surface area contributed by atoms with Gasteiger partial charge >= 0.3 is 6.03 Å². The fourth-order valence-corrected chi connectivity index (χ4v) is 3.69. The molecule has 31 heavy (non-hydrogen) atoms. The van der Waals surface area contributed by atoms with Gasteiger partial charge in [-0.05, 0) is 49.2 Å². The van der Waals surface area contributed by atoms with Gasteiger partial charge in [-0.15, -0.1) is 0 Å². The summed E-state index contributed by atoms with van der Waals surface area (Å²) in [7, 11) is 0. The van der Waals surface area contributed by atoms with Gasteiger partial charge in [0, 0.05) is 24.0 Å². The molecular formula is C23H25ClN4O3. The molecule has 2 aromatic carbocycles. The van der Waals surface area contributed by atoms with Crippen LogP contribution >= 0.6 is 11.6 Å². The molecule has 1 aliphatic heterocycles. The quantitative estimate of drug-likeness (QED) is 0.551. The van der Waals surface area contributed by atoms with Crippen LogP contribution in [0.3, 0.4) is 0 Å². The van der Waals surface area contributed by atoms with E-state index in [9.17, 15) is 4.79 Å². The van der Waals surface area contributed by atoms with E-state index in [1.54, 1.807) is 24.7 Å². The van der Waals surface area contributed by atoms with Crippen LogP contribution in [0.15, 0.2) is 67.3 Å². The standard InChI is InChI=1S/C23H25ClN4O3/c24-18-7-9-20(10-8-18)31-16-19-4-3-12-28(19)23(29)26-21-5-1-2-6-22(21)30-15-14-27-13-11-25-17-27/h1-2,5-11,13,17,19H,3-4,12,14-16H2,(H,26,29). The van der Waals surface area contributed by atoms with Crippen LogP contribution in [-0.2, 0) is 6.54 Å². The molecule has 1 atom stereocenters. The third-order valence-corrected chi connectivity index (χ3v) is 5.44. The fourth-order valence-electron chi connectivity index (χ4n) is 3.56. The highest BCUT2D eigenvalue weighted by Gasteiger charge is 2.29. The summed E-state index contributed by atoms with van der Waals surface area (Å²) >= 11 is 5.92. The number of hydrogen-bond acceptors (Lipinski definition) is 4. The van der Waals surface area contributed by atoms with Crippen molar-refractivity contribution in [1.82, 2.24) is 14.5 Å². The zero-order valence-corrected chi connectivity index (χ0v) is 17.9. The Hall–Kier alpha value is -3.19. The van der Waals surface area contributed by atoms with Crippen molar-refractivity contribution in [2.24, 2.45) is 0 Å². The predicted octanol–water partition coefficient (Wildman–Crippen LogP) is 4.69. The van der Waals surface area contributed by atoms with E-state index >= 15 is 0 Å².